The fourth-order valence-electron chi connectivity index (χ4n) is 1.04. The lowest BCUT2D eigenvalue weighted by molar-refractivity contribution is -0.147. The van der Waals surface area contributed by atoms with Crippen LogP contribution >= 0.6 is 27.5 Å². The van der Waals surface area contributed by atoms with E-state index in [1.165, 1.54) is 6.07 Å². The maximum Gasteiger partial charge on any atom is 0.403 e. The zero-order valence-electron chi connectivity index (χ0n) is 7.48. The van der Waals surface area contributed by atoms with E-state index in [1.54, 1.807) is 12.1 Å². The van der Waals surface area contributed by atoms with Gasteiger partial charge in [0.2, 0.25) is 0 Å². The first-order valence-electron chi connectivity index (χ1n) is 4.07. The first-order valence-corrected chi connectivity index (χ1v) is 5.24. The van der Waals surface area contributed by atoms with Crippen LogP contribution in [0.1, 0.15) is 5.56 Å². The molecule has 2 N–H and O–H groups in total. The minimum absolute atomic E-state index is 0.282. The van der Waals surface area contributed by atoms with Crippen LogP contribution in [-0.4, -0.2) is 12.2 Å². The van der Waals surface area contributed by atoms with Gasteiger partial charge < -0.3 is 5.73 Å². The van der Waals surface area contributed by atoms with Gasteiger partial charge in [0, 0.05) is 9.50 Å². The molecule has 6 heteroatoms. The maximum atomic E-state index is 12.2. The highest BCUT2D eigenvalue weighted by Gasteiger charge is 2.36. The van der Waals surface area contributed by atoms with Crippen molar-refractivity contribution in [3.8, 4) is 0 Å². The molecule has 0 aliphatic heterocycles. The van der Waals surface area contributed by atoms with Crippen molar-refractivity contribution >= 4 is 27.5 Å². The Labute approximate surface area is 98.5 Å². The summed E-state index contributed by atoms with van der Waals surface area (Å²) >= 11 is 8.93. The van der Waals surface area contributed by atoms with Crippen molar-refractivity contribution in [1.29, 1.82) is 0 Å². The number of hydrogen-bond donors (Lipinski definition) is 1. The van der Waals surface area contributed by atoms with E-state index >= 15 is 0 Å². The summed E-state index contributed by atoms with van der Waals surface area (Å²) in [6.45, 7) is 0. The summed E-state index contributed by atoms with van der Waals surface area (Å²) in [6.07, 6.45) is -4.70. The second-order valence-corrected chi connectivity index (χ2v) is 4.41. The molecule has 0 heterocycles. The van der Waals surface area contributed by atoms with Crippen LogP contribution in [0.5, 0.6) is 0 Å². The molecule has 1 aromatic carbocycles. The molecule has 0 saturated carbocycles. The van der Waals surface area contributed by atoms with Crippen LogP contribution < -0.4 is 5.73 Å². The molecular formula is C9H8BrClF3N. The molecule has 15 heavy (non-hydrogen) atoms. The molecule has 1 aromatic rings. The van der Waals surface area contributed by atoms with E-state index in [-0.39, 0.29) is 11.4 Å². The largest absolute Gasteiger partial charge is 0.403 e. The van der Waals surface area contributed by atoms with Gasteiger partial charge in [-0.2, -0.15) is 13.2 Å². The Morgan fingerprint density at radius 3 is 2.47 bits per heavy atom. The lowest BCUT2D eigenvalue weighted by Crippen LogP contribution is -2.39. The van der Waals surface area contributed by atoms with E-state index in [0.29, 0.717) is 5.56 Å². The fraction of sp³-hybridized carbons (Fsp3) is 0.333. The van der Waals surface area contributed by atoms with Crippen LogP contribution in [0.2, 0.25) is 5.02 Å². The molecule has 0 radical (unpaired) electrons. The highest BCUT2D eigenvalue weighted by Crippen LogP contribution is 2.26. The number of benzene rings is 1. The quantitative estimate of drug-likeness (QED) is 0.888. The van der Waals surface area contributed by atoms with Crippen LogP contribution in [0.15, 0.2) is 22.7 Å². The predicted molar refractivity (Wildman–Crippen MR) is 56.9 cm³/mol. The molecule has 1 rings (SSSR count). The van der Waals surface area contributed by atoms with Gasteiger partial charge in [-0.25, -0.2) is 0 Å². The summed E-state index contributed by atoms with van der Waals surface area (Å²) in [4.78, 5) is 0. The van der Waals surface area contributed by atoms with Gasteiger partial charge in [-0.1, -0.05) is 33.6 Å². The summed E-state index contributed by atoms with van der Waals surface area (Å²) in [5.41, 5.74) is 5.39. The third-order valence-electron chi connectivity index (χ3n) is 1.88. The highest BCUT2D eigenvalue weighted by atomic mass is 79.9. The Morgan fingerprint density at radius 1 is 1.40 bits per heavy atom. The number of rotatable bonds is 2. The van der Waals surface area contributed by atoms with E-state index in [2.05, 4.69) is 15.9 Å². The summed E-state index contributed by atoms with van der Waals surface area (Å²) in [5.74, 6) is 0. The molecule has 0 aliphatic carbocycles. The van der Waals surface area contributed by atoms with Gasteiger partial charge in [0.25, 0.3) is 0 Å². The van der Waals surface area contributed by atoms with Crippen molar-refractivity contribution in [1.82, 2.24) is 0 Å². The molecule has 0 aromatic heterocycles. The van der Waals surface area contributed by atoms with Gasteiger partial charge in [-0.3, -0.25) is 0 Å². The first kappa shape index (κ1) is 12.8. The third kappa shape index (κ3) is 3.66. The summed E-state index contributed by atoms with van der Waals surface area (Å²) in [6, 6.07) is 2.82. The van der Waals surface area contributed by atoms with Crippen molar-refractivity contribution in [3.05, 3.63) is 33.3 Å². The Morgan fingerprint density at radius 2 is 2.00 bits per heavy atom. The lowest BCUT2D eigenvalue weighted by Gasteiger charge is -2.16. The average molecular weight is 303 g/mol. The van der Waals surface area contributed by atoms with Gasteiger partial charge >= 0.3 is 6.18 Å². The molecule has 0 aliphatic rings. The van der Waals surface area contributed by atoms with E-state index in [0.717, 1.165) is 4.47 Å². The smallest absolute Gasteiger partial charge is 0.320 e. The average Bonchev–Trinajstić information content (AvgIpc) is 2.08. The molecule has 1 atom stereocenters. The molecule has 1 unspecified atom stereocenters. The van der Waals surface area contributed by atoms with Crippen LogP contribution in [0, 0.1) is 0 Å². The monoisotopic (exact) mass is 301 g/mol. The van der Waals surface area contributed by atoms with E-state index in [4.69, 9.17) is 17.3 Å². The van der Waals surface area contributed by atoms with Crippen molar-refractivity contribution in [3.63, 3.8) is 0 Å². The molecular weight excluding hydrogens is 294 g/mol. The molecule has 0 spiro atoms. The van der Waals surface area contributed by atoms with E-state index in [1.807, 2.05) is 0 Å². The Kier molecular flexibility index (Phi) is 4.03. The first-order chi connectivity index (χ1) is 6.80. The number of halogens is 5. The Bertz CT molecular complexity index is 354. The molecule has 1 nitrogen and oxygen atoms in total. The zero-order chi connectivity index (χ0) is 11.6. The van der Waals surface area contributed by atoms with Crippen molar-refractivity contribution < 1.29 is 13.2 Å². The Balaban J connectivity index is 2.82. The van der Waals surface area contributed by atoms with Crippen molar-refractivity contribution in [2.24, 2.45) is 5.73 Å². The molecule has 0 amide bonds. The van der Waals surface area contributed by atoms with Crippen molar-refractivity contribution in [2.45, 2.75) is 18.6 Å². The lowest BCUT2D eigenvalue weighted by atomic mass is 10.1. The topological polar surface area (TPSA) is 26.0 Å². The standard InChI is InChI=1S/C9H8BrClF3N/c10-6-2-1-5(7(11)4-6)3-8(15)9(12,13)14/h1-2,4,8H,3,15H2. The van der Waals surface area contributed by atoms with Crippen LogP contribution in [-0.2, 0) is 6.42 Å². The van der Waals surface area contributed by atoms with Gasteiger partial charge in [0.05, 0.1) is 0 Å². The molecule has 84 valence electrons. The SMILES string of the molecule is NC(Cc1ccc(Br)cc1Cl)C(F)(F)F. The fourth-order valence-corrected chi connectivity index (χ4v) is 1.79. The van der Waals surface area contributed by atoms with Gasteiger partial charge in [-0.15, -0.1) is 0 Å². The van der Waals surface area contributed by atoms with Crippen LogP contribution in [0.25, 0.3) is 0 Å². The number of hydrogen-bond acceptors (Lipinski definition) is 1. The summed E-state index contributed by atoms with van der Waals surface area (Å²) in [5, 5.41) is 0.282. The van der Waals surface area contributed by atoms with Gasteiger partial charge in [0.15, 0.2) is 0 Å². The number of alkyl halides is 3. The normalized spacial score (nSPS) is 14.0. The third-order valence-corrected chi connectivity index (χ3v) is 2.72. The molecule has 0 saturated heterocycles. The zero-order valence-corrected chi connectivity index (χ0v) is 9.83. The van der Waals surface area contributed by atoms with E-state index < -0.39 is 12.2 Å². The van der Waals surface area contributed by atoms with Gasteiger partial charge in [0.1, 0.15) is 6.04 Å². The number of nitrogens with two attached hydrogens (primary N) is 1. The second-order valence-electron chi connectivity index (χ2n) is 3.09. The Hall–Kier alpha value is -0.260. The van der Waals surface area contributed by atoms with Crippen LogP contribution in [0.3, 0.4) is 0 Å². The van der Waals surface area contributed by atoms with Gasteiger partial charge in [-0.05, 0) is 24.1 Å². The highest BCUT2D eigenvalue weighted by molar-refractivity contribution is 9.10. The minimum atomic E-state index is -4.39. The van der Waals surface area contributed by atoms with Crippen LogP contribution in [0.4, 0.5) is 13.2 Å². The molecule has 0 bridgehead atoms. The van der Waals surface area contributed by atoms with Crippen molar-refractivity contribution in [2.75, 3.05) is 0 Å². The van der Waals surface area contributed by atoms with E-state index in [9.17, 15) is 13.2 Å². The maximum absolute atomic E-state index is 12.2. The minimum Gasteiger partial charge on any atom is -0.320 e. The second kappa shape index (κ2) is 4.72. The summed E-state index contributed by atoms with van der Waals surface area (Å²) < 4.78 is 37.2. The predicted octanol–water partition coefficient (Wildman–Crippen LogP) is 3.53. The summed E-state index contributed by atoms with van der Waals surface area (Å²) in [7, 11) is 0. The molecule has 0 fully saturated rings.